The van der Waals surface area contributed by atoms with Crippen LogP contribution in [0.25, 0.3) is 0 Å². The van der Waals surface area contributed by atoms with Crippen LogP contribution >= 0.6 is 23.2 Å². The number of anilines is 1. The highest BCUT2D eigenvalue weighted by Crippen LogP contribution is 2.20. The van der Waals surface area contributed by atoms with Crippen LogP contribution < -0.4 is 5.32 Å². The first-order valence-corrected chi connectivity index (χ1v) is 8.16. The molecule has 0 aliphatic rings. The van der Waals surface area contributed by atoms with Gasteiger partial charge in [0.25, 0.3) is 0 Å². The van der Waals surface area contributed by atoms with E-state index in [1.165, 1.54) is 11.8 Å². The first kappa shape index (κ1) is 18.3. The summed E-state index contributed by atoms with van der Waals surface area (Å²) < 4.78 is 0. The number of carbonyl (C=O) groups is 2. The summed E-state index contributed by atoms with van der Waals surface area (Å²) in [5.74, 6) is -0.451. The Morgan fingerprint density at radius 2 is 1.67 bits per heavy atom. The van der Waals surface area contributed by atoms with Crippen molar-refractivity contribution in [2.24, 2.45) is 0 Å². The Hall–Kier alpha value is -2.04. The maximum absolute atomic E-state index is 12.3. The summed E-state index contributed by atoms with van der Waals surface area (Å²) in [6, 6.07) is 12.4. The Morgan fingerprint density at radius 1 is 1.04 bits per heavy atom. The second kappa shape index (κ2) is 8.18. The van der Waals surface area contributed by atoms with Crippen LogP contribution in [0.5, 0.6) is 0 Å². The van der Waals surface area contributed by atoms with Crippen molar-refractivity contribution in [1.29, 1.82) is 0 Å². The normalized spacial score (nSPS) is 10.3. The predicted octanol–water partition coefficient (Wildman–Crippen LogP) is 4.29. The van der Waals surface area contributed by atoms with Gasteiger partial charge in [0, 0.05) is 29.2 Å². The van der Waals surface area contributed by atoms with E-state index in [-0.39, 0.29) is 18.4 Å². The molecule has 0 spiro atoms. The maximum Gasteiger partial charge on any atom is 0.244 e. The molecule has 0 saturated carbocycles. The van der Waals surface area contributed by atoms with E-state index in [4.69, 9.17) is 23.2 Å². The lowest BCUT2D eigenvalue weighted by Gasteiger charge is -2.21. The number of carbonyl (C=O) groups excluding carboxylic acids is 2. The third kappa shape index (κ3) is 5.25. The highest BCUT2D eigenvalue weighted by atomic mass is 35.5. The van der Waals surface area contributed by atoms with E-state index < -0.39 is 0 Å². The topological polar surface area (TPSA) is 49.4 Å². The van der Waals surface area contributed by atoms with Gasteiger partial charge >= 0.3 is 0 Å². The lowest BCUT2D eigenvalue weighted by Crippen LogP contribution is -2.36. The van der Waals surface area contributed by atoms with Crippen molar-refractivity contribution in [3.8, 4) is 0 Å². The molecule has 1 N–H and O–H groups in total. The summed E-state index contributed by atoms with van der Waals surface area (Å²) >= 11 is 11.8. The average molecular weight is 365 g/mol. The Bertz CT molecular complexity index is 745. The third-order valence-electron chi connectivity index (χ3n) is 3.54. The van der Waals surface area contributed by atoms with Crippen LogP contribution in [0.15, 0.2) is 42.5 Å². The molecule has 2 aromatic carbocycles. The van der Waals surface area contributed by atoms with E-state index in [9.17, 15) is 9.59 Å². The van der Waals surface area contributed by atoms with Crippen LogP contribution in [0.3, 0.4) is 0 Å². The molecule has 0 aliphatic heterocycles. The van der Waals surface area contributed by atoms with Crippen LogP contribution in [-0.2, 0) is 16.1 Å². The van der Waals surface area contributed by atoms with E-state index in [1.54, 1.807) is 24.3 Å². The molecule has 0 heterocycles. The van der Waals surface area contributed by atoms with Gasteiger partial charge in [0.2, 0.25) is 11.8 Å². The van der Waals surface area contributed by atoms with Gasteiger partial charge in [-0.1, -0.05) is 41.4 Å². The van der Waals surface area contributed by atoms with Gasteiger partial charge in [-0.3, -0.25) is 9.59 Å². The first-order chi connectivity index (χ1) is 11.3. The third-order valence-corrected chi connectivity index (χ3v) is 4.03. The van der Waals surface area contributed by atoms with Gasteiger partial charge in [-0.15, -0.1) is 0 Å². The summed E-state index contributed by atoms with van der Waals surface area (Å²) in [4.78, 5) is 25.6. The van der Waals surface area contributed by atoms with Crippen molar-refractivity contribution in [2.45, 2.75) is 20.4 Å². The number of nitrogens with zero attached hydrogens (tertiary/aromatic N) is 1. The van der Waals surface area contributed by atoms with Crippen molar-refractivity contribution >= 4 is 40.7 Å². The molecular formula is C18H18Cl2N2O2. The van der Waals surface area contributed by atoms with E-state index in [0.29, 0.717) is 22.3 Å². The molecule has 0 aromatic heterocycles. The molecule has 6 heteroatoms. The van der Waals surface area contributed by atoms with E-state index in [0.717, 1.165) is 11.1 Å². The number of benzene rings is 2. The Morgan fingerprint density at radius 3 is 2.29 bits per heavy atom. The molecule has 0 bridgehead atoms. The van der Waals surface area contributed by atoms with Crippen LogP contribution in [0, 0.1) is 6.92 Å². The quantitative estimate of drug-likeness (QED) is 0.859. The van der Waals surface area contributed by atoms with Crippen LogP contribution in [0.4, 0.5) is 5.69 Å². The van der Waals surface area contributed by atoms with Crippen molar-refractivity contribution < 1.29 is 9.59 Å². The highest BCUT2D eigenvalue weighted by molar-refractivity contribution is 6.31. The molecule has 2 rings (SSSR count). The van der Waals surface area contributed by atoms with Crippen LogP contribution in [0.2, 0.25) is 10.0 Å². The second-order valence-corrected chi connectivity index (χ2v) is 6.38. The smallest absolute Gasteiger partial charge is 0.244 e. The molecule has 0 saturated heterocycles. The number of aryl methyl sites for hydroxylation is 1. The molecule has 4 nitrogen and oxygen atoms in total. The zero-order valence-corrected chi connectivity index (χ0v) is 15.0. The number of nitrogens with one attached hydrogen (secondary N) is 1. The minimum atomic E-state index is -0.274. The van der Waals surface area contributed by atoms with Crippen molar-refractivity contribution in [1.82, 2.24) is 4.90 Å². The number of rotatable bonds is 5. The van der Waals surface area contributed by atoms with E-state index >= 15 is 0 Å². The number of hydrogen-bond acceptors (Lipinski definition) is 2. The Kier molecular flexibility index (Phi) is 6.23. The van der Waals surface area contributed by atoms with E-state index in [2.05, 4.69) is 5.32 Å². The maximum atomic E-state index is 12.3. The van der Waals surface area contributed by atoms with Crippen molar-refractivity contribution in [2.75, 3.05) is 11.9 Å². The molecule has 0 atom stereocenters. The lowest BCUT2D eigenvalue weighted by molar-refractivity contribution is -0.133. The number of hydrogen-bond donors (Lipinski definition) is 1. The summed E-state index contributed by atoms with van der Waals surface area (Å²) in [5, 5.41) is 3.96. The lowest BCUT2D eigenvalue weighted by atomic mass is 10.2. The monoisotopic (exact) mass is 364 g/mol. The zero-order chi connectivity index (χ0) is 17.7. The fourth-order valence-electron chi connectivity index (χ4n) is 2.18. The number of amides is 2. The summed E-state index contributed by atoms with van der Waals surface area (Å²) in [7, 11) is 0. The van der Waals surface area contributed by atoms with Crippen LogP contribution in [0.1, 0.15) is 18.1 Å². The van der Waals surface area contributed by atoms with Gasteiger partial charge in [-0.2, -0.15) is 0 Å². The van der Waals surface area contributed by atoms with Gasteiger partial charge in [0.1, 0.15) is 6.54 Å². The fraction of sp³-hybridized carbons (Fsp3) is 0.222. The van der Waals surface area contributed by atoms with E-state index in [1.807, 2.05) is 25.1 Å². The van der Waals surface area contributed by atoms with Gasteiger partial charge in [0.15, 0.2) is 0 Å². The summed E-state index contributed by atoms with van der Waals surface area (Å²) in [6.07, 6.45) is 0. The SMILES string of the molecule is CC(=O)N(CC(=O)Nc1cc(Cl)ccc1C)Cc1ccc(Cl)cc1. The fourth-order valence-corrected chi connectivity index (χ4v) is 2.48. The predicted molar refractivity (Wildman–Crippen MR) is 97.4 cm³/mol. The van der Waals surface area contributed by atoms with Gasteiger partial charge in [-0.05, 0) is 42.3 Å². The van der Waals surface area contributed by atoms with Crippen molar-refractivity contribution in [3.05, 3.63) is 63.6 Å². The number of halogens is 2. The molecule has 24 heavy (non-hydrogen) atoms. The average Bonchev–Trinajstić information content (AvgIpc) is 2.52. The highest BCUT2D eigenvalue weighted by Gasteiger charge is 2.15. The standard InChI is InChI=1S/C18H18Cl2N2O2/c1-12-3-6-16(20)9-17(12)21-18(24)11-22(13(2)23)10-14-4-7-15(19)8-5-14/h3-9H,10-11H2,1-2H3,(H,21,24). The molecule has 0 aliphatic carbocycles. The summed E-state index contributed by atoms with van der Waals surface area (Å²) in [6.45, 7) is 3.62. The molecular weight excluding hydrogens is 347 g/mol. The molecule has 2 amide bonds. The second-order valence-electron chi connectivity index (χ2n) is 5.51. The molecule has 0 fully saturated rings. The first-order valence-electron chi connectivity index (χ1n) is 7.41. The molecule has 126 valence electrons. The zero-order valence-electron chi connectivity index (χ0n) is 13.5. The molecule has 0 unspecified atom stereocenters. The van der Waals surface area contributed by atoms with Crippen LogP contribution in [-0.4, -0.2) is 23.3 Å². The van der Waals surface area contributed by atoms with Gasteiger partial charge in [-0.25, -0.2) is 0 Å². The minimum Gasteiger partial charge on any atom is -0.329 e. The summed E-state index contributed by atoms with van der Waals surface area (Å²) in [5.41, 5.74) is 2.45. The molecule has 0 radical (unpaired) electrons. The Labute approximate surface area is 151 Å². The minimum absolute atomic E-state index is 0.0378. The van der Waals surface area contributed by atoms with Gasteiger partial charge in [0.05, 0.1) is 0 Å². The largest absolute Gasteiger partial charge is 0.329 e. The molecule has 2 aromatic rings. The van der Waals surface area contributed by atoms with Crippen molar-refractivity contribution in [3.63, 3.8) is 0 Å². The van der Waals surface area contributed by atoms with Gasteiger partial charge < -0.3 is 10.2 Å². The Balaban J connectivity index is 2.04.